The molecule has 1 amide bonds. The Balaban J connectivity index is 1.55. The van der Waals surface area contributed by atoms with Crippen LogP contribution in [0.4, 0.5) is 0 Å². The maximum atomic E-state index is 13.4. The molecular weight excluding hydrogens is 434 g/mol. The molecule has 1 N–H and O–H groups in total. The predicted octanol–water partition coefficient (Wildman–Crippen LogP) is 5.17. The summed E-state index contributed by atoms with van der Waals surface area (Å²) in [6.45, 7) is 4.81. The van der Waals surface area contributed by atoms with Crippen molar-refractivity contribution >= 4 is 50.6 Å². The summed E-state index contributed by atoms with van der Waals surface area (Å²) in [5.41, 5.74) is 1.29. The van der Waals surface area contributed by atoms with Gasteiger partial charge in [0.2, 0.25) is 5.91 Å². The molecule has 3 aromatic rings. The Morgan fingerprint density at radius 2 is 2.23 bits per heavy atom. The highest BCUT2D eigenvalue weighted by atomic mass is 32.2. The first kappa shape index (κ1) is 21.6. The van der Waals surface area contributed by atoms with Gasteiger partial charge in [-0.15, -0.1) is 22.7 Å². The second kappa shape index (κ2) is 9.66. The fourth-order valence-electron chi connectivity index (χ4n) is 3.91. The van der Waals surface area contributed by atoms with Crippen molar-refractivity contribution in [1.82, 2.24) is 14.9 Å². The van der Waals surface area contributed by atoms with Crippen molar-refractivity contribution < 1.29 is 4.79 Å². The molecule has 0 fully saturated rings. The van der Waals surface area contributed by atoms with Gasteiger partial charge in [-0.2, -0.15) is 0 Å². The summed E-state index contributed by atoms with van der Waals surface area (Å²) in [5, 5.41) is 6.55. The lowest BCUT2D eigenvalue weighted by Crippen LogP contribution is -2.29. The van der Waals surface area contributed by atoms with Gasteiger partial charge in [-0.1, -0.05) is 37.6 Å². The standard InChI is InChI=1S/C22H27N3O2S3/c1-3-4-5-11-25-21(27)19-15-8-6-9-17(15)30-20(19)24-22(25)29-13-18(26)23-14(2)16-10-7-12-28-16/h7,10,12,14H,3-6,8-9,11,13H2,1-2H3,(H,23,26). The van der Waals surface area contributed by atoms with Gasteiger partial charge in [-0.25, -0.2) is 4.98 Å². The van der Waals surface area contributed by atoms with Crippen LogP contribution >= 0.6 is 34.4 Å². The number of fused-ring (bicyclic) bond motifs is 3. The number of hydrogen-bond donors (Lipinski definition) is 1. The number of thioether (sulfide) groups is 1. The van der Waals surface area contributed by atoms with Gasteiger partial charge in [0.05, 0.1) is 17.2 Å². The number of hydrogen-bond acceptors (Lipinski definition) is 6. The fourth-order valence-corrected chi connectivity index (χ4v) is 6.78. The van der Waals surface area contributed by atoms with E-state index < -0.39 is 0 Å². The quantitative estimate of drug-likeness (QED) is 0.271. The molecule has 3 heterocycles. The molecule has 0 saturated carbocycles. The number of unbranched alkanes of at least 4 members (excludes halogenated alkanes) is 2. The molecule has 0 bridgehead atoms. The van der Waals surface area contributed by atoms with Crippen molar-refractivity contribution in [2.75, 3.05) is 5.75 Å². The van der Waals surface area contributed by atoms with Crippen LogP contribution in [0, 0.1) is 0 Å². The minimum absolute atomic E-state index is 0.0134. The van der Waals surface area contributed by atoms with E-state index in [4.69, 9.17) is 4.98 Å². The highest BCUT2D eigenvalue weighted by Crippen LogP contribution is 2.35. The van der Waals surface area contributed by atoms with Gasteiger partial charge in [0, 0.05) is 16.3 Å². The van der Waals surface area contributed by atoms with Gasteiger partial charge in [0.1, 0.15) is 4.83 Å². The number of carbonyl (C=O) groups excluding carboxylic acids is 1. The predicted molar refractivity (Wildman–Crippen MR) is 127 cm³/mol. The molecule has 0 saturated heterocycles. The summed E-state index contributed by atoms with van der Waals surface area (Å²) in [6, 6.07) is 4.00. The monoisotopic (exact) mass is 461 g/mol. The van der Waals surface area contributed by atoms with Crippen LogP contribution in [0.15, 0.2) is 27.5 Å². The molecule has 30 heavy (non-hydrogen) atoms. The zero-order chi connectivity index (χ0) is 21.1. The zero-order valence-corrected chi connectivity index (χ0v) is 19.9. The highest BCUT2D eigenvalue weighted by Gasteiger charge is 2.23. The largest absolute Gasteiger partial charge is 0.348 e. The summed E-state index contributed by atoms with van der Waals surface area (Å²) in [6.07, 6.45) is 6.29. The Morgan fingerprint density at radius 1 is 1.37 bits per heavy atom. The van der Waals surface area contributed by atoms with Gasteiger partial charge in [0.25, 0.3) is 5.56 Å². The molecule has 1 atom stereocenters. The number of nitrogens with one attached hydrogen (secondary N) is 1. The first-order valence-corrected chi connectivity index (χ1v) is 13.3. The third-order valence-corrected chi connectivity index (χ3v) is 8.67. The van der Waals surface area contributed by atoms with Crippen molar-refractivity contribution in [3.8, 4) is 0 Å². The van der Waals surface area contributed by atoms with E-state index in [0.29, 0.717) is 11.7 Å². The van der Waals surface area contributed by atoms with Crippen molar-refractivity contribution in [3.05, 3.63) is 43.2 Å². The van der Waals surface area contributed by atoms with E-state index in [0.717, 1.165) is 53.6 Å². The van der Waals surface area contributed by atoms with Crippen molar-refractivity contribution in [2.24, 2.45) is 0 Å². The van der Waals surface area contributed by atoms with Gasteiger partial charge in [-0.3, -0.25) is 14.2 Å². The Kier molecular flexibility index (Phi) is 6.95. The lowest BCUT2D eigenvalue weighted by molar-refractivity contribution is -0.119. The van der Waals surface area contributed by atoms with Gasteiger partial charge < -0.3 is 5.32 Å². The number of thiophene rings is 2. The molecule has 0 radical (unpaired) electrons. The molecule has 1 aliphatic carbocycles. The lowest BCUT2D eigenvalue weighted by Gasteiger charge is -2.14. The zero-order valence-electron chi connectivity index (χ0n) is 17.4. The van der Waals surface area contributed by atoms with E-state index in [2.05, 4.69) is 12.2 Å². The molecule has 0 aromatic carbocycles. The average Bonchev–Trinajstić information content (AvgIpc) is 3.45. The molecule has 1 aliphatic rings. The van der Waals surface area contributed by atoms with Crippen molar-refractivity contribution in [2.45, 2.75) is 70.1 Å². The lowest BCUT2D eigenvalue weighted by atomic mass is 10.2. The average molecular weight is 462 g/mol. The summed E-state index contributed by atoms with van der Waals surface area (Å²) < 4.78 is 1.81. The SMILES string of the molecule is CCCCCn1c(SCC(=O)NC(C)c2cccs2)nc2sc3c(c2c1=O)CCC3. The number of nitrogens with zero attached hydrogens (tertiary/aromatic N) is 2. The van der Waals surface area contributed by atoms with E-state index in [1.807, 2.05) is 29.0 Å². The minimum Gasteiger partial charge on any atom is -0.348 e. The molecule has 160 valence electrons. The van der Waals surface area contributed by atoms with Gasteiger partial charge in [0.15, 0.2) is 5.16 Å². The Hall–Kier alpha value is -1.64. The van der Waals surface area contributed by atoms with Gasteiger partial charge >= 0.3 is 0 Å². The summed E-state index contributed by atoms with van der Waals surface area (Å²) in [7, 11) is 0. The number of rotatable bonds is 9. The number of amides is 1. The topological polar surface area (TPSA) is 64.0 Å². The molecule has 0 spiro atoms. The molecule has 8 heteroatoms. The van der Waals surface area contributed by atoms with Crippen LogP contribution in [0.3, 0.4) is 0 Å². The third-order valence-electron chi connectivity index (χ3n) is 5.45. The number of aryl methyl sites for hydroxylation is 2. The molecule has 4 rings (SSSR count). The molecule has 3 aromatic heterocycles. The molecule has 5 nitrogen and oxygen atoms in total. The van der Waals surface area contributed by atoms with E-state index in [9.17, 15) is 9.59 Å². The second-order valence-electron chi connectivity index (χ2n) is 7.69. The second-order valence-corrected chi connectivity index (χ2v) is 10.7. The van der Waals surface area contributed by atoms with E-state index in [1.54, 1.807) is 22.7 Å². The van der Waals surface area contributed by atoms with Crippen LogP contribution in [0.25, 0.3) is 10.2 Å². The van der Waals surface area contributed by atoms with Crippen LogP contribution in [-0.4, -0.2) is 21.2 Å². The van der Waals surface area contributed by atoms with Crippen LogP contribution in [0.5, 0.6) is 0 Å². The fraction of sp³-hybridized carbons (Fsp3) is 0.500. The third kappa shape index (κ3) is 4.50. The van der Waals surface area contributed by atoms with Crippen LogP contribution in [0.2, 0.25) is 0 Å². The molecular formula is C22H27N3O2S3. The van der Waals surface area contributed by atoms with Crippen LogP contribution in [-0.2, 0) is 24.2 Å². The first-order chi connectivity index (χ1) is 14.6. The Labute approximate surface area is 188 Å². The normalized spacial score (nSPS) is 14.2. The summed E-state index contributed by atoms with van der Waals surface area (Å²) in [4.78, 5) is 34.0. The smallest absolute Gasteiger partial charge is 0.263 e. The first-order valence-electron chi connectivity index (χ1n) is 10.6. The van der Waals surface area contributed by atoms with Crippen LogP contribution < -0.4 is 10.9 Å². The van der Waals surface area contributed by atoms with Crippen molar-refractivity contribution in [3.63, 3.8) is 0 Å². The van der Waals surface area contributed by atoms with Gasteiger partial charge in [-0.05, 0) is 49.6 Å². The number of carbonyl (C=O) groups is 1. The summed E-state index contributed by atoms with van der Waals surface area (Å²) >= 11 is 4.67. The highest BCUT2D eigenvalue weighted by molar-refractivity contribution is 7.99. The van der Waals surface area contributed by atoms with E-state index >= 15 is 0 Å². The van der Waals surface area contributed by atoms with Crippen molar-refractivity contribution in [1.29, 1.82) is 0 Å². The van der Waals surface area contributed by atoms with E-state index in [1.165, 1.54) is 22.2 Å². The molecule has 0 aliphatic heterocycles. The Morgan fingerprint density at radius 3 is 3.00 bits per heavy atom. The minimum atomic E-state index is -0.0379. The maximum absolute atomic E-state index is 13.4. The Bertz CT molecular complexity index is 1090. The maximum Gasteiger partial charge on any atom is 0.263 e. The number of aromatic nitrogens is 2. The van der Waals surface area contributed by atoms with Crippen LogP contribution in [0.1, 0.15) is 60.9 Å². The van der Waals surface area contributed by atoms with E-state index in [-0.39, 0.29) is 23.3 Å². The molecule has 1 unspecified atom stereocenters. The summed E-state index contributed by atoms with van der Waals surface area (Å²) in [5.74, 6) is 0.219.